The van der Waals surface area contributed by atoms with Gasteiger partial charge in [0.2, 0.25) is 0 Å². The molecule has 1 amide bonds. The monoisotopic (exact) mass is 356 g/mol. The molecule has 1 aromatic carbocycles. The second-order valence-electron chi connectivity index (χ2n) is 4.52. The molecule has 2 rings (SSSR count). The molecule has 4 heteroatoms. The van der Waals surface area contributed by atoms with Gasteiger partial charge in [0.25, 0.3) is 5.91 Å². The van der Waals surface area contributed by atoms with Gasteiger partial charge in [-0.05, 0) is 66.3 Å². The first-order valence-electron chi connectivity index (χ1n) is 6.33. The average Bonchev–Trinajstić information content (AvgIpc) is 2.84. The molecule has 1 aliphatic rings. The summed E-state index contributed by atoms with van der Waals surface area (Å²) in [4.78, 5) is 12.0. The lowest BCUT2D eigenvalue weighted by atomic mass is 10.0. The molecule has 0 spiro atoms. The summed E-state index contributed by atoms with van der Waals surface area (Å²) in [5.41, 5.74) is 4.53. The van der Waals surface area contributed by atoms with E-state index in [1.54, 1.807) is 0 Å². The zero-order chi connectivity index (χ0) is 13.0. The molecule has 18 heavy (non-hydrogen) atoms. The van der Waals surface area contributed by atoms with E-state index in [0.29, 0.717) is 11.5 Å². The summed E-state index contributed by atoms with van der Waals surface area (Å²) < 4.78 is 0.950. The molecule has 1 fully saturated rings. The van der Waals surface area contributed by atoms with E-state index >= 15 is 0 Å². The van der Waals surface area contributed by atoms with Crippen LogP contribution >= 0.6 is 22.6 Å². The van der Waals surface area contributed by atoms with E-state index in [4.69, 9.17) is 0 Å². The molecule has 1 saturated carbocycles. The third-order valence-electron chi connectivity index (χ3n) is 3.37. The molecule has 1 aromatic rings. The zero-order valence-corrected chi connectivity index (χ0v) is 12.6. The summed E-state index contributed by atoms with van der Waals surface area (Å²) in [6.45, 7) is 2.17. The lowest BCUT2D eigenvalue weighted by Gasteiger charge is -2.08. The normalized spacial score (nSPS) is 21.2. The fourth-order valence-electron chi connectivity index (χ4n) is 2.32. The number of benzene rings is 1. The minimum absolute atomic E-state index is 0.116. The van der Waals surface area contributed by atoms with Crippen LogP contribution in [0.1, 0.15) is 43.0 Å². The highest BCUT2D eigenvalue weighted by atomic mass is 127. The Morgan fingerprint density at radius 3 is 3.00 bits per heavy atom. The molecule has 1 aliphatic carbocycles. The Balaban J connectivity index is 2.04. The largest absolute Gasteiger partial charge is 0.272 e. The first-order chi connectivity index (χ1) is 8.72. The maximum Gasteiger partial charge on any atom is 0.272 e. The van der Waals surface area contributed by atoms with Crippen LogP contribution in [0.3, 0.4) is 0 Å². The minimum Gasteiger partial charge on any atom is -0.267 e. The highest BCUT2D eigenvalue weighted by Crippen LogP contribution is 2.25. The second kappa shape index (κ2) is 6.31. The Morgan fingerprint density at radius 2 is 2.28 bits per heavy atom. The fraction of sp³-hybridized carbons (Fsp3) is 0.429. The minimum atomic E-state index is -0.116. The number of rotatable bonds is 3. The van der Waals surface area contributed by atoms with Crippen molar-refractivity contribution in [1.82, 2.24) is 5.43 Å². The van der Waals surface area contributed by atoms with E-state index in [-0.39, 0.29) is 5.91 Å². The van der Waals surface area contributed by atoms with Crippen LogP contribution in [0.2, 0.25) is 0 Å². The Hall–Kier alpha value is -0.910. The highest BCUT2D eigenvalue weighted by molar-refractivity contribution is 14.1. The predicted octanol–water partition coefficient (Wildman–Crippen LogP) is 3.59. The van der Waals surface area contributed by atoms with Gasteiger partial charge in [0, 0.05) is 9.28 Å². The molecule has 0 saturated heterocycles. The number of hydrogen-bond acceptors (Lipinski definition) is 2. The van der Waals surface area contributed by atoms with Gasteiger partial charge in [0.1, 0.15) is 0 Å². The Kier molecular flexibility index (Phi) is 4.74. The maximum atomic E-state index is 12.0. The summed E-state index contributed by atoms with van der Waals surface area (Å²) in [6, 6.07) is 7.54. The van der Waals surface area contributed by atoms with Gasteiger partial charge < -0.3 is 0 Å². The van der Waals surface area contributed by atoms with E-state index in [0.717, 1.165) is 22.1 Å². The van der Waals surface area contributed by atoms with Gasteiger partial charge in [-0.1, -0.05) is 19.1 Å². The molecular weight excluding hydrogens is 339 g/mol. The number of carbonyl (C=O) groups excluding carboxylic acids is 1. The number of nitrogens with one attached hydrogen (secondary N) is 1. The summed E-state index contributed by atoms with van der Waals surface area (Å²) in [6.07, 6.45) is 4.52. The molecule has 0 aromatic heterocycles. The van der Waals surface area contributed by atoms with Crippen LogP contribution in [0.15, 0.2) is 29.4 Å². The van der Waals surface area contributed by atoms with Gasteiger partial charge in [-0.15, -0.1) is 0 Å². The van der Waals surface area contributed by atoms with Crippen LogP contribution in [0, 0.1) is 9.49 Å². The van der Waals surface area contributed by atoms with Crippen molar-refractivity contribution in [2.75, 3.05) is 0 Å². The van der Waals surface area contributed by atoms with Crippen LogP contribution in [0.4, 0.5) is 0 Å². The summed E-state index contributed by atoms with van der Waals surface area (Å²) in [5.74, 6) is 0.439. The fourth-order valence-corrected chi connectivity index (χ4v) is 2.95. The lowest BCUT2D eigenvalue weighted by molar-refractivity contribution is 0.0953. The third-order valence-corrected chi connectivity index (χ3v) is 4.31. The number of nitrogens with zero attached hydrogens (tertiary/aromatic N) is 1. The molecule has 3 nitrogen and oxygen atoms in total. The van der Waals surface area contributed by atoms with Gasteiger partial charge in [-0.2, -0.15) is 5.10 Å². The van der Waals surface area contributed by atoms with Crippen LogP contribution in [-0.2, 0) is 0 Å². The molecule has 0 aliphatic heterocycles. The van der Waals surface area contributed by atoms with Crippen molar-refractivity contribution in [3.8, 4) is 0 Å². The molecular formula is C14H17IN2O. The molecule has 1 N–H and O–H groups in total. The third kappa shape index (κ3) is 3.10. The summed E-state index contributed by atoms with van der Waals surface area (Å²) >= 11 is 2.17. The van der Waals surface area contributed by atoms with Crippen molar-refractivity contribution in [3.63, 3.8) is 0 Å². The summed E-state index contributed by atoms with van der Waals surface area (Å²) in [7, 11) is 0. The number of hydrazone groups is 1. The topological polar surface area (TPSA) is 41.5 Å². The van der Waals surface area contributed by atoms with E-state index < -0.39 is 0 Å². The van der Waals surface area contributed by atoms with Crippen molar-refractivity contribution in [2.45, 2.75) is 32.6 Å². The smallest absolute Gasteiger partial charge is 0.267 e. The van der Waals surface area contributed by atoms with Crippen molar-refractivity contribution >= 4 is 34.2 Å². The number of amides is 1. The molecule has 96 valence electrons. The van der Waals surface area contributed by atoms with Crippen LogP contribution < -0.4 is 5.43 Å². The second-order valence-corrected chi connectivity index (χ2v) is 5.68. The quantitative estimate of drug-likeness (QED) is 0.653. The Labute approximate surface area is 121 Å². The summed E-state index contributed by atoms with van der Waals surface area (Å²) in [5, 5.41) is 4.31. The maximum absolute atomic E-state index is 12.0. The van der Waals surface area contributed by atoms with Crippen LogP contribution in [0.25, 0.3) is 0 Å². The van der Waals surface area contributed by atoms with Crippen LogP contribution in [-0.4, -0.2) is 11.6 Å². The average molecular weight is 356 g/mol. The van der Waals surface area contributed by atoms with Gasteiger partial charge >= 0.3 is 0 Å². The molecule has 0 radical (unpaired) electrons. The molecule has 0 heterocycles. The zero-order valence-electron chi connectivity index (χ0n) is 10.4. The Morgan fingerprint density at radius 1 is 1.50 bits per heavy atom. The lowest BCUT2D eigenvalue weighted by Crippen LogP contribution is -2.21. The highest BCUT2D eigenvalue weighted by Gasteiger charge is 2.21. The van der Waals surface area contributed by atoms with Crippen molar-refractivity contribution in [1.29, 1.82) is 0 Å². The van der Waals surface area contributed by atoms with Crippen LogP contribution in [0.5, 0.6) is 0 Å². The number of halogens is 1. The van der Waals surface area contributed by atoms with Gasteiger partial charge in [-0.25, -0.2) is 5.43 Å². The number of hydrogen-bond donors (Lipinski definition) is 1. The predicted molar refractivity (Wildman–Crippen MR) is 81.7 cm³/mol. The van der Waals surface area contributed by atoms with Crippen molar-refractivity contribution in [3.05, 3.63) is 33.4 Å². The molecule has 0 bridgehead atoms. The van der Waals surface area contributed by atoms with Gasteiger partial charge in [0.15, 0.2) is 0 Å². The van der Waals surface area contributed by atoms with E-state index in [1.807, 2.05) is 24.3 Å². The van der Waals surface area contributed by atoms with E-state index in [1.165, 1.54) is 12.8 Å². The Bertz CT molecular complexity index is 471. The van der Waals surface area contributed by atoms with Gasteiger partial charge in [-0.3, -0.25) is 4.79 Å². The van der Waals surface area contributed by atoms with E-state index in [2.05, 4.69) is 40.0 Å². The first kappa shape index (κ1) is 13.5. The van der Waals surface area contributed by atoms with Gasteiger partial charge in [0.05, 0.1) is 5.56 Å². The van der Waals surface area contributed by atoms with E-state index in [9.17, 15) is 4.79 Å². The van der Waals surface area contributed by atoms with Crippen molar-refractivity contribution in [2.24, 2.45) is 11.0 Å². The number of carbonyl (C=O) groups is 1. The standard InChI is InChI=1S/C14H17IN2O/c1-2-10-6-5-9-13(10)16-17-14(18)11-7-3-4-8-12(11)15/h3-4,7-8,10H,2,5-6,9H2,1H3,(H,17,18)/b16-13+. The molecule has 1 unspecified atom stereocenters. The molecule has 1 atom stereocenters. The SMILES string of the molecule is CCC1CCC/C1=N\NC(=O)c1ccccc1I. The first-order valence-corrected chi connectivity index (χ1v) is 7.41. The van der Waals surface area contributed by atoms with Crippen molar-refractivity contribution < 1.29 is 4.79 Å².